The minimum Gasteiger partial charge on any atom is -0.497 e. The Hall–Kier alpha value is -3.27. The molecule has 208 valence electrons. The Morgan fingerprint density at radius 3 is 2.29 bits per heavy atom. The van der Waals surface area contributed by atoms with Crippen LogP contribution in [0.1, 0.15) is 51.5 Å². The monoisotopic (exact) mass is 545 g/mol. The summed E-state index contributed by atoms with van der Waals surface area (Å²) in [6.07, 6.45) is 5.42. The molecule has 0 aromatic heterocycles. The summed E-state index contributed by atoms with van der Waals surface area (Å²) in [6, 6.07) is 13.3. The van der Waals surface area contributed by atoms with Crippen LogP contribution in [0.3, 0.4) is 0 Å². The molecule has 0 heterocycles. The summed E-state index contributed by atoms with van der Waals surface area (Å²) in [4.78, 5) is 28.7. The molecule has 9 nitrogen and oxygen atoms in total. The number of hydrogen-bond acceptors (Lipinski definition) is 6. The highest BCUT2D eigenvalue weighted by Crippen LogP contribution is 2.30. The van der Waals surface area contributed by atoms with Crippen molar-refractivity contribution in [1.29, 1.82) is 0 Å². The topological polar surface area (TPSA) is 105 Å². The van der Waals surface area contributed by atoms with Crippen molar-refractivity contribution in [2.75, 3.05) is 30.8 Å². The number of amides is 2. The van der Waals surface area contributed by atoms with Crippen LogP contribution in [0, 0.1) is 0 Å². The van der Waals surface area contributed by atoms with Crippen molar-refractivity contribution >= 4 is 27.5 Å². The molecule has 0 unspecified atom stereocenters. The lowest BCUT2D eigenvalue weighted by Gasteiger charge is -2.33. The number of nitrogens with zero attached hydrogens (tertiary/aromatic N) is 2. The summed E-state index contributed by atoms with van der Waals surface area (Å²) >= 11 is 0. The first kappa shape index (κ1) is 29.3. The molecule has 0 radical (unpaired) electrons. The van der Waals surface area contributed by atoms with E-state index in [9.17, 15) is 18.0 Å². The third kappa shape index (κ3) is 7.63. The van der Waals surface area contributed by atoms with Crippen LogP contribution in [0.15, 0.2) is 48.5 Å². The van der Waals surface area contributed by atoms with E-state index in [0.29, 0.717) is 24.5 Å². The van der Waals surface area contributed by atoms with Gasteiger partial charge in [-0.15, -0.1) is 0 Å². The van der Waals surface area contributed by atoms with Crippen molar-refractivity contribution in [3.63, 3.8) is 0 Å². The number of benzene rings is 2. The number of sulfonamides is 1. The van der Waals surface area contributed by atoms with Crippen molar-refractivity contribution in [3.05, 3.63) is 54.1 Å². The summed E-state index contributed by atoms with van der Waals surface area (Å²) in [5.41, 5.74) is 1.07. The average molecular weight is 546 g/mol. The molecule has 2 amide bonds. The first-order valence-electron chi connectivity index (χ1n) is 13.1. The van der Waals surface area contributed by atoms with Crippen molar-refractivity contribution in [2.45, 2.75) is 64.6 Å². The number of methoxy groups -OCH3 is 1. The van der Waals surface area contributed by atoms with Gasteiger partial charge in [-0.2, -0.15) is 0 Å². The van der Waals surface area contributed by atoms with Crippen LogP contribution in [-0.2, 0) is 26.2 Å². The van der Waals surface area contributed by atoms with Gasteiger partial charge in [0.1, 0.15) is 24.1 Å². The van der Waals surface area contributed by atoms with Crippen molar-refractivity contribution in [1.82, 2.24) is 10.2 Å². The molecular weight excluding hydrogens is 506 g/mol. The summed E-state index contributed by atoms with van der Waals surface area (Å²) in [7, 11) is -2.28. The maximum absolute atomic E-state index is 13.9. The number of para-hydroxylation sites is 2. The van der Waals surface area contributed by atoms with E-state index in [1.54, 1.807) is 50.4 Å². The molecule has 0 spiro atoms. The van der Waals surface area contributed by atoms with E-state index < -0.39 is 28.5 Å². The lowest BCUT2D eigenvalue weighted by Crippen LogP contribution is -2.53. The van der Waals surface area contributed by atoms with Gasteiger partial charge in [0, 0.05) is 12.6 Å². The average Bonchev–Trinajstić information content (AvgIpc) is 3.40. The van der Waals surface area contributed by atoms with E-state index in [2.05, 4.69) is 5.32 Å². The fourth-order valence-electron chi connectivity index (χ4n) is 4.75. The number of carbonyl (C=O) groups excluding carboxylic acids is 2. The summed E-state index contributed by atoms with van der Waals surface area (Å²) < 4.78 is 37.7. The predicted molar refractivity (Wildman–Crippen MR) is 148 cm³/mol. The van der Waals surface area contributed by atoms with Crippen LogP contribution < -0.4 is 19.1 Å². The second-order valence-corrected chi connectivity index (χ2v) is 11.4. The van der Waals surface area contributed by atoms with Gasteiger partial charge in [-0.05, 0) is 56.0 Å². The first-order valence-corrected chi connectivity index (χ1v) is 14.9. The molecule has 1 N–H and O–H groups in total. The molecule has 10 heteroatoms. The van der Waals surface area contributed by atoms with E-state index in [-0.39, 0.29) is 24.2 Å². The third-order valence-corrected chi connectivity index (χ3v) is 7.84. The molecule has 2 aromatic rings. The fraction of sp³-hybridized carbons (Fsp3) is 0.500. The zero-order chi connectivity index (χ0) is 27.7. The summed E-state index contributed by atoms with van der Waals surface area (Å²) in [5.74, 6) is 0.335. The minimum atomic E-state index is -3.85. The van der Waals surface area contributed by atoms with Gasteiger partial charge in [-0.25, -0.2) is 8.42 Å². The third-order valence-electron chi connectivity index (χ3n) is 6.71. The van der Waals surface area contributed by atoms with Gasteiger partial charge in [0.05, 0.1) is 25.7 Å². The van der Waals surface area contributed by atoms with Gasteiger partial charge in [0.2, 0.25) is 21.8 Å². The quantitative estimate of drug-likeness (QED) is 0.411. The second kappa shape index (κ2) is 13.5. The zero-order valence-electron chi connectivity index (χ0n) is 22.7. The molecule has 1 saturated carbocycles. The van der Waals surface area contributed by atoms with Gasteiger partial charge in [-0.1, -0.05) is 44.0 Å². The highest BCUT2D eigenvalue weighted by molar-refractivity contribution is 7.92. The number of hydrogen-bond donors (Lipinski definition) is 1. The normalized spacial score (nSPS) is 14.5. The molecule has 0 bridgehead atoms. The number of rotatable bonds is 13. The summed E-state index contributed by atoms with van der Waals surface area (Å²) in [5, 5.41) is 3.11. The molecule has 1 atom stereocenters. The fourth-order valence-corrected chi connectivity index (χ4v) is 5.60. The largest absolute Gasteiger partial charge is 0.497 e. The highest BCUT2D eigenvalue weighted by Gasteiger charge is 2.33. The van der Waals surface area contributed by atoms with Crippen molar-refractivity contribution in [2.24, 2.45) is 0 Å². The van der Waals surface area contributed by atoms with E-state index in [1.807, 2.05) is 19.1 Å². The Kier molecular flexibility index (Phi) is 10.4. The Morgan fingerprint density at radius 2 is 1.71 bits per heavy atom. The van der Waals surface area contributed by atoms with Gasteiger partial charge >= 0.3 is 0 Å². The van der Waals surface area contributed by atoms with Crippen LogP contribution in [0.2, 0.25) is 0 Å². The highest BCUT2D eigenvalue weighted by atomic mass is 32.2. The van der Waals surface area contributed by atoms with Crippen molar-refractivity contribution in [3.8, 4) is 11.5 Å². The molecule has 2 aromatic carbocycles. The standard InChI is InChI=1S/C28H39N3O6S/c1-5-24(28(33)29-22-11-7-8-12-22)30(19-21-15-17-23(36-3)18-16-21)27(32)20-31(38(4,34)35)25-13-9-10-14-26(25)37-6-2/h9-10,13-18,22,24H,5-8,11-12,19-20H2,1-4H3,(H,29,33)/t24-/m0/s1. The zero-order valence-corrected chi connectivity index (χ0v) is 23.5. The molecular formula is C28H39N3O6S. The molecule has 38 heavy (non-hydrogen) atoms. The van der Waals surface area contributed by atoms with E-state index >= 15 is 0 Å². The molecule has 0 saturated heterocycles. The SMILES string of the molecule is CCOc1ccccc1N(CC(=O)N(Cc1ccc(OC)cc1)[C@@H](CC)C(=O)NC1CCCC1)S(C)(=O)=O. The number of ether oxygens (including phenoxy) is 2. The molecule has 1 fully saturated rings. The Balaban J connectivity index is 1.94. The van der Waals surface area contributed by atoms with Crippen LogP contribution >= 0.6 is 0 Å². The van der Waals surface area contributed by atoms with Gasteiger partial charge in [0.25, 0.3) is 0 Å². The molecule has 3 rings (SSSR count). The Bertz CT molecular complexity index is 1180. The number of carbonyl (C=O) groups is 2. The van der Waals surface area contributed by atoms with E-state index in [4.69, 9.17) is 9.47 Å². The Labute approximate surface area is 226 Å². The smallest absolute Gasteiger partial charge is 0.244 e. The predicted octanol–water partition coefficient (Wildman–Crippen LogP) is 3.73. The number of nitrogens with one attached hydrogen (secondary N) is 1. The van der Waals surface area contributed by atoms with Gasteiger partial charge in [-0.3, -0.25) is 13.9 Å². The Morgan fingerprint density at radius 1 is 1.05 bits per heavy atom. The van der Waals surface area contributed by atoms with Crippen LogP contribution in [-0.4, -0.2) is 63.7 Å². The lowest BCUT2D eigenvalue weighted by atomic mass is 10.1. The number of anilines is 1. The molecule has 1 aliphatic rings. The lowest BCUT2D eigenvalue weighted by molar-refractivity contribution is -0.140. The van der Waals surface area contributed by atoms with E-state index in [1.165, 1.54) is 4.90 Å². The van der Waals surface area contributed by atoms with E-state index in [0.717, 1.165) is 41.8 Å². The van der Waals surface area contributed by atoms with Gasteiger partial charge in [0.15, 0.2) is 0 Å². The van der Waals surface area contributed by atoms with Crippen LogP contribution in [0.5, 0.6) is 11.5 Å². The van der Waals surface area contributed by atoms with Crippen LogP contribution in [0.4, 0.5) is 5.69 Å². The molecule has 1 aliphatic carbocycles. The minimum absolute atomic E-state index is 0.0973. The van der Waals surface area contributed by atoms with Crippen LogP contribution in [0.25, 0.3) is 0 Å². The molecule has 0 aliphatic heterocycles. The second-order valence-electron chi connectivity index (χ2n) is 9.45. The maximum Gasteiger partial charge on any atom is 0.244 e. The van der Waals surface area contributed by atoms with Crippen molar-refractivity contribution < 1.29 is 27.5 Å². The first-order chi connectivity index (χ1) is 18.2. The summed E-state index contributed by atoms with van der Waals surface area (Å²) in [6.45, 7) is 3.67. The van der Waals surface area contributed by atoms with Gasteiger partial charge < -0.3 is 19.7 Å². The maximum atomic E-state index is 13.9.